The maximum atomic E-state index is 5.45. The summed E-state index contributed by atoms with van der Waals surface area (Å²) in [5, 5.41) is 12.5. The van der Waals surface area contributed by atoms with E-state index >= 15 is 0 Å². The summed E-state index contributed by atoms with van der Waals surface area (Å²) in [5.41, 5.74) is 8.33. The van der Waals surface area contributed by atoms with E-state index in [1.165, 1.54) is 0 Å². The van der Waals surface area contributed by atoms with Crippen molar-refractivity contribution in [3.63, 3.8) is 0 Å². The van der Waals surface area contributed by atoms with Crippen molar-refractivity contribution in [3.8, 4) is 5.69 Å². The molecule has 6 nitrogen and oxygen atoms in total. The monoisotopic (exact) mass is 220 g/mol. The maximum Gasteiger partial charge on any atom is 0.107 e. The van der Waals surface area contributed by atoms with Gasteiger partial charge in [-0.05, 0) is 26.3 Å². The standard InChI is InChI=1S/C10H16N6/c1-8-10(7-15(2)13-8)16-6-9(12-14-16)4-3-5-11/h6-7H,3-5,11H2,1-2H3. The molecule has 0 saturated heterocycles. The van der Waals surface area contributed by atoms with Crippen LogP contribution in [0.2, 0.25) is 0 Å². The van der Waals surface area contributed by atoms with E-state index in [0.717, 1.165) is 29.9 Å². The first kappa shape index (κ1) is 10.8. The predicted molar refractivity (Wildman–Crippen MR) is 60.2 cm³/mol. The van der Waals surface area contributed by atoms with Crippen LogP contribution in [0.1, 0.15) is 17.8 Å². The third kappa shape index (κ3) is 2.11. The molecule has 0 aliphatic rings. The molecule has 6 heteroatoms. The van der Waals surface area contributed by atoms with Gasteiger partial charge < -0.3 is 5.73 Å². The average Bonchev–Trinajstić information content (AvgIpc) is 2.82. The molecule has 0 aromatic carbocycles. The van der Waals surface area contributed by atoms with E-state index in [1.54, 1.807) is 9.36 Å². The first-order chi connectivity index (χ1) is 7.70. The molecule has 0 fully saturated rings. The van der Waals surface area contributed by atoms with E-state index in [2.05, 4.69) is 15.4 Å². The molecule has 0 aliphatic carbocycles. The van der Waals surface area contributed by atoms with Crippen molar-refractivity contribution in [1.82, 2.24) is 24.8 Å². The van der Waals surface area contributed by atoms with E-state index in [-0.39, 0.29) is 0 Å². The van der Waals surface area contributed by atoms with Crippen molar-refractivity contribution in [2.75, 3.05) is 6.54 Å². The highest BCUT2D eigenvalue weighted by atomic mass is 15.4. The van der Waals surface area contributed by atoms with Crippen LogP contribution in [0.15, 0.2) is 12.4 Å². The second kappa shape index (κ2) is 4.44. The lowest BCUT2D eigenvalue weighted by Gasteiger charge is -1.94. The molecule has 0 saturated carbocycles. The molecule has 0 atom stereocenters. The van der Waals surface area contributed by atoms with Crippen LogP contribution in [0.4, 0.5) is 0 Å². The zero-order valence-corrected chi connectivity index (χ0v) is 9.59. The highest BCUT2D eigenvalue weighted by Crippen LogP contribution is 2.10. The number of nitrogens with zero attached hydrogens (tertiary/aromatic N) is 5. The Labute approximate surface area is 94.1 Å². The molecule has 2 aromatic heterocycles. The normalized spacial score (nSPS) is 10.9. The molecule has 0 radical (unpaired) electrons. The fourth-order valence-corrected chi connectivity index (χ4v) is 1.63. The average molecular weight is 220 g/mol. The largest absolute Gasteiger partial charge is 0.330 e. The highest BCUT2D eigenvalue weighted by Gasteiger charge is 2.08. The summed E-state index contributed by atoms with van der Waals surface area (Å²) >= 11 is 0. The number of aromatic nitrogens is 5. The second-order valence-corrected chi connectivity index (χ2v) is 3.82. The Morgan fingerprint density at radius 3 is 2.81 bits per heavy atom. The van der Waals surface area contributed by atoms with Crippen molar-refractivity contribution in [1.29, 1.82) is 0 Å². The fraction of sp³-hybridized carbons (Fsp3) is 0.500. The van der Waals surface area contributed by atoms with Gasteiger partial charge in [-0.1, -0.05) is 5.21 Å². The quantitative estimate of drug-likeness (QED) is 0.798. The molecular formula is C10H16N6. The summed E-state index contributed by atoms with van der Waals surface area (Å²) in [4.78, 5) is 0. The second-order valence-electron chi connectivity index (χ2n) is 3.82. The molecule has 16 heavy (non-hydrogen) atoms. The molecule has 0 amide bonds. The number of aryl methyl sites for hydroxylation is 3. The first-order valence-electron chi connectivity index (χ1n) is 5.32. The Bertz CT molecular complexity index is 469. The Kier molecular flexibility index (Phi) is 3.00. The van der Waals surface area contributed by atoms with E-state index in [4.69, 9.17) is 5.73 Å². The minimum Gasteiger partial charge on any atom is -0.330 e. The number of nitrogens with two attached hydrogens (primary N) is 1. The van der Waals surface area contributed by atoms with Crippen molar-refractivity contribution >= 4 is 0 Å². The van der Waals surface area contributed by atoms with Crippen molar-refractivity contribution in [2.24, 2.45) is 12.8 Å². The van der Waals surface area contributed by atoms with E-state index in [9.17, 15) is 0 Å². The van der Waals surface area contributed by atoms with E-state index in [0.29, 0.717) is 6.54 Å². The number of rotatable bonds is 4. The molecule has 2 N–H and O–H groups in total. The van der Waals surface area contributed by atoms with Crippen LogP contribution in [0, 0.1) is 6.92 Å². The van der Waals surface area contributed by atoms with Gasteiger partial charge in [-0.15, -0.1) is 5.10 Å². The maximum absolute atomic E-state index is 5.45. The van der Waals surface area contributed by atoms with Gasteiger partial charge in [0.05, 0.1) is 23.8 Å². The summed E-state index contributed by atoms with van der Waals surface area (Å²) in [6.45, 7) is 2.63. The van der Waals surface area contributed by atoms with Gasteiger partial charge >= 0.3 is 0 Å². The summed E-state index contributed by atoms with van der Waals surface area (Å²) < 4.78 is 3.53. The third-order valence-electron chi connectivity index (χ3n) is 2.41. The van der Waals surface area contributed by atoms with Crippen LogP contribution in [0.5, 0.6) is 0 Å². The van der Waals surface area contributed by atoms with Gasteiger partial charge in [0.25, 0.3) is 0 Å². The molecule has 0 unspecified atom stereocenters. The molecule has 2 aromatic rings. The number of hydrogen-bond acceptors (Lipinski definition) is 4. The summed E-state index contributed by atoms with van der Waals surface area (Å²) in [6, 6.07) is 0. The lowest BCUT2D eigenvalue weighted by molar-refractivity contribution is 0.755. The minimum absolute atomic E-state index is 0.679. The van der Waals surface area contributed by atoms with Crippen LogP contribution in [-0.2, 0) is 13.5 Å². The molecule has 0 spiro atoms. The Hall–Kier alpha value is -1.69. The third-order valence-corrected chi connectivity index (χ3v) is 2.41. The molecule has 2 rings (SSSR count). The molecule has 2 heterocycles. The lowest BCUT2D eigenvalue weighted by Crippen LogP contribution is -2.00. The summed E-state index contributed by atoms with van der Waals surface area (Å²) in [7, 11) is 1.89. The fourth-order valence-electron chi connectivity index (χ4n) is 1.63. The molecular weight excluding hydrogens is 204 g/mol. The summed E-state index contributed by atoms with van der Waals surface area (Å²) in [5.74, 6) is 0. The zero-order chi connectivity index (χ0) is 11.5. The van der Waals surface area contributed by atoms with Crippen molar-refractivity contribution in [3.05, 3.63) is 23.8 Å². The van der Waals surface area contributed by atoms with Gasteiger partial charge in [0.1, 0.15) is 5.69 Å². The van der Waals surface area contributed by atoms with Crippen molar-refractivity contribution in [2.45, 2.75) is 19.8 Å². The van der Waals surface area contributed by atoms with Crippen molar-refractivity contribution < 1.29 is 0 Å². The molecule has 0 bridgehead atoms. The van der Waals surface area contributed by atoms with Gasteiger partial charge in [-0.2, -0.15) is 5.10 Å². The first-order valence-corrected chi connectivity index (χ1v) is 5.32. The smallest absolute Gasteiger partial charge is 0.107 e. The minimum atomic E-state index is 0.679. The van der Waals surface area contributed by atoms with Crippen LogP contribution in [0.3, 0.4) is 0 Å². The topological polar surface area (TPSA) is 74.5 Å². The molecule has 0 aliphatic heterocycles. The van der Waals surface area contributed by atoms with Crippen LogP contribution in [-0.4, -0.2) is 31.3 Å². The van der Waals surface area contributed by atoms with Gasteiger partial charge in [0, 0.05) is 7.05 Å². The predicted octanol–water partition coefficient (Wildman–Crippen LogP) is 0.201. The van der Waals surface area contributed by atoms with Gasteiger partial charge in [-0.25, -0.2) is 4.68 Å². The van der Waals surface area contributed by atoms with Crippen LogP contribution in [0.25, 0.3) is 5.69 Å². The van der Waals surface area contributed by atoms with Gasteiger partial charge in [-0.3, -0.25) is 4.68 Å². The Morgan fingerprint density at radius 1 is 1.38 bits per heavy atom. The number of hydrogen-bond donors (Lipinski definition) is 1. The Balaban J connectivity index is 2.21. The van der Waals surface area contributed by atoms with Gasteiger partial charge in [0.15, 0.2) is 0 Å². The summed E-state index contributed by atoms with van der Waals surface area (Å²) in [6.07, 6.45) is 5.66. The Morgan fingerprint density at radius 2 is 2.19 bits per heavy atom. The van der Waals surface area contributed by atoms with Crippen LogP contribution < -0.4 is 5.73 Å². The van der Waals surface area contributed by atoms with Gasteiger partial charge in [0.2, 0.25) is 0 Å². The van der Waals surface area contributed by atoms with E-state index < -0.39 is 0 Å². The zero-order valence-electron chi connectivity index (χ0n) is 9.59. The SMILES string of the molecule is Cc1nn(C)cc1-n1cc(CCCN)nn1. The highest BCUT2D eigenvalue weighted by molar-refractivity contribution is 5.32. The lowest BCUT2D eigenvalue weighted by atomic mass is 10.2. The van der Waals surface area contributed by atoms with Crippen LogP contribution >= 0.6 is 0 Å². The molecule has 86 valence electrons. The van der Waals surface area contributed by atoms with E-state index in [1.807, 2.05) is 26.4 Å².